The van der Waals surface area contributed by atoms with Gasteiger partial charge in [-0.05, 0) is 67.6 Å². The first-order valence-corrected chi connectivity index (χ1v) is 15.3. The zero-order valence-electron chi connectivity index (χ0n) is 24.3. The number of carbonyl (C=O) groups excluding carboxylic acids is 2. The molecule has 0 aliphatic carbocycles. The van der Waals surface area contributed by atoms with Gasteiger partial charge in [0.05, 0.1) is 24.9 Å². The molecule has 5 aromatic rings. The average Bonchev–Trinajstić information content (AvgIpc) is 3.67. The molecule has 0 atom stereocenters. The molecular formula is C33H29FN6O3S. The van der Waals surface area contributed by atoms with Crippen molar-refractivity contribution in [1.82, 2.24) is 30.0 Å². The van der Waals surface area contributed by atoms with Crippen LogP contribution in [0.4, 0.5) is 4.39 Å². The Labute approximate surface area is 257 Å². The van der Waals surface area contributed by atoms with Gasteiger partial charge in [0.15, 0.2) is 0 Å². The number of nitrogens with zero attached hydrogens (tertiary/aromatic N) is 5. The summed E-state index contributed by atoms with van der Waals surface area (Å²) in [4.78, 5) is 36.6. The summed E-state index contributed by atoms with van der Waals surface area (Å²) in [5.41, 5.74) is 5.19. The molecule has 0 unspecified atom stereocenters. The molecule has 1 N–H and O–H groups in total. The van der Waals surface area contributed by atoms with E-state index in [2.05, 4.69) is 11.9 Å². The number of thiophene rings is 1. The molecule has 5 heterocycles. The van der Waals surface area contributed by atoms with Gasteiger partial charge in [0.1, 0.15) is 23.1 Å². The van der Waals surface area contributed by atoms with Crippen molar-refractivity contribution in [3.8, 4) is 39.7 Å². The van der Waals surface area contributed by atoms with Crippen LogP contribution < -0.4 is 10.1 Å². The topological polar surface area (TPSA) is 102 Å². The van der Waals surface area contributed by atoms with Crippen LogP contribution in [0.5, 0.6) is 5.75 Å². The maximum Gasteiger partial charge on any atom is 0.251 e. The lowest BCUT2D eigenvalue weighted by atomic mass is 9.94. The number of hydrogen-bond donors (Lipinski definition) is 1. The highest BCUT2D eigenvalue weighted by Crippen LogP contribution is 2.46. The number of ether oxygens (including phenoxy) is 1. The monoisotopic (exact) mass is 608 g/mol. The molecule has 3 aromatic heterocycles. The number of carbonyl (C=O) groups is 2. The van der Waals surface area contributed by atoms with E-state index in [9.17, 15) is 14.0 Å². The molecule has 0 spiro atoms. The number of fused-ring (bicyclic) bond motifs is 3. The molecule has 0 saturated heterocycles. The lowest BCUT2D eigenvalue weighted by Crippen LogP contribution is -2.37. The number of halogens is 1. The summed E-state index contributed by atoms with van der Waals surface area (Å²) in [6, 6.07) is 12.3. The molecule has 0 saturated carbocycles. The van der Waals surface area contributed by atoms with Crippen molar-refractivity contribution in [1.29, 1.82) is 0 Å². The summed E-state index contributed by atoms with van der Waals surface area (Å²) in [5, 5.41) is 10.7. The van der Waals surface area contributed by atoms with Crippen LogP contribution in [0, 0.1) is 5.82 Å². The molecule has 11 heteroatoms. The van der Waals surface area contributed by atoms with Gasteiger partial charge in [-0.1, -0.05) is 12.6 Å². The number of pyridine rings is 1. The molecule has 44 heavy (non-hydrogen) atoms. The average molecular weight is 609 g/mol. The fourth-order valence-electron chi connectivity index (χ4n) is 5.84. The molecule has 2 aliphatic rings. The SMILES string of the molecule is C=CC(=O)N1CCn2nc(-c3nc(-c4ccc5c(c4)CCNC5=O)c4ccsc4c3-c3ccc(F)cc3OC(C)C)nc2C1. The second kappa shape index (κ2) is 11.0. The van der Waals surface area contributed by atoms with E-state index in [4.69, 9.17) is 19.8 Å². The normalized spacial score (nSPS) is 14.4. The zero-order valence-corrected chi connectivity index (χ0v) is 25.1. The van der Waals surface area contributed by atoms with Gasteiger partial charge in [-0.3, -0.25) is 9.59 Å². The van der Waals surface area contributed by atoms with Crippen LogP contribution in [0.15, 0.2) is 60.5 Å². The highest BCUT2D eigenvalue weighted by Gasteiger charge is 2.28. The van der Waals surface area contributed by atoms with Crippen molar-refractivity contribution in [3.63, 3.8) is 0 Å². The summed E-state index contributed by atoms with van der Waals surface area (Å²) < 4.78 is 23.4. The maximum atomic E-state index is 14.5. The van der Waals surface area contributed by atoms with E-state index in [1.165, 1.54) is 18.2 Å². The number of amides is 2. The van der Waals surface area contributed by atoms with Crippen LogP contribution in [0.25, 0.3) is 44.0 Å². The largest absolute Gasteiger partial charge is 0.490 e. The van der Waals surface area contributed by atoms with Gasteiger partial charge in [0, 0.05) is 51.5 Å². The van der Waals surface area contributed by atoms with E-state index < -0.39 is 5.82 Å². The molecule has 0 bridgehead atoms. The van der Waals surface area contributed by atoms with Crippen molar-refractivity contribution >= 4 is 33.2 Å². The molecule has 222 valence electrons. The highest BCUT2D eigenvalue weighted by molar-refractivity contribution is 7.18. The van der Waals surface area contributed by atoms with Gasteiger partial charge >= 0.3 is 0 Å². The molecule has 0 radical (unpaired) electrons. The van der Waals surface area contributed by atoms with Gasteiger partial charge in [-0.25, -0.2) is 19.0 Å². The van der Waals surface area contributed by atoms with Gasteiger partial charge in [-0.15, -0.1) is 16.4 Å². The van der Waals surface area contributed by atoms with Crippen LogP contribution in [0.3, 0.4) is 0 Å². The van der Waals surface area contributed by atoms with E-state index in [0.29, 0.717) is 60.4 Å². The van der Waals surface area contributed by atoms with Crippen LogP contribution in [-0.4, -0.2) is 55.7 Å². The summed E-state index contributed by atoms with van der Waals surface area (Å²) >= 11 is 1.55. The van der Waals surface area contributed by atoms with E-state index in [0.717, 1.165) is 38.9 Å². The van der Waals surface area contributed by atoms with E-state index in [1.54, 1.807) is 27.0 Å². The predicted molar refractivity (Wildman–Crippen MR) is 167 cm³/mol. The Morgan fingerprint density at radius 1 is 1.11 bits per heavy atom. The number of nitrogens with one attached hydrogen (secondary N) is 1. The van der Waals surface area contributed by atoms with Gasteiger partial charge in [0.2, 0.25) is 11.7 Å². The smallest absolute Gasteiger partial charge is 0.251 e. The van der Waals surface area contributed by atoms with Crippen LogP contribution >= 0.6 is 11.3 Å². The lowest BCUT2D eigenvalue weighted by Gasteiger charge is -2.25. The Morgan fingerprint density at radius 2 is 1.95 bits per heavy atom. The van der Waals surface area contributed by atoms with E-state index in [1.807, 2.05) is 43.5 Å². The Balaban J connectivity index is 1.47. The van der Waals surface area contributed by atoms with Crippen molar-refractivity contribution in [2.75, 3.05) is 13.1 Å². The van der Waals surface area contributed by atoms with Gasteiger partial charge < -0.3 is 15.0 Å². The minimum absolute atomic E-state index is 0.0757. The fraction of sp³-hybridized carbons (Fsp3) is 0.242. The van der Waals surface area contributed by atoms with Gasteiger partial charge in [0.25, 0.3) is 5.91 Å². The number of hydrogen-bond acceptors (Lipinski definition) is 7. The second-order valence-corrected chi connectivity index (χ2v) is 12.0. The van der Waals surface area contributed by atoms with Crippen molar-refractivity contribution in [2.24, 2.45) is 0 Å². The first kappa shape index (κ1) is 27.9. The second-order valence-electron chi connectivity index (χ2n) is 11.1. The minimum atomic E-state index is -0.404. The highest BCUT2D eigenvalue weighted by atomic mass is 32.1. The molecule has 9 nitrogen and oxygen atoms in total. The van der Waals surface area contributed by atoms with E-state index >= 15 is 0 Å². The Kier molecular flexibility index (Phi) is 6.97. The van der Waals surface area contributed by atoms with Crippen LogP contribution in [0.2, 0.25) is 0 Å². The summed E-state index contributed by atoms with van der Waals surface area (Å²) in [5.74, 6) is 0.796. The van der Waals surface area contributed by atoms with Crippen molar-refractivity contribution in [3.05, 3.63) is 83.3 Å². The van der Waals surface area contributed by atoms with Crippen molar-refractivity contribution in [2.45, 2.75) is 39.5 Å². The van der Waals surface area contributed by atoms with Crippen LogP contribution in [0.1, 0.15) is 35.6 Å². The summed E-state index contributed by atoms with van der Waals surface area (Å²) in [6.07, 6.45) is 1.84. The molecule has 7 rings (SSSR count). The van der Waals surface area contributed by atoms with Gasteiger partial charge in [-0.2, -0.15) is 0 Å². The molecule has 0 fully saturated rings. The first-order valence-electron chi connectivity index (χ1n) is 14.5. The Bertz CT molecular complexity index is 1980. The summed E-state index contributed by atoms with van der Waals surface area (Å²) in [7, 11) is 0. The third-order valence-electron chi connectivity index (χ3n) is 7.85. The number of benzene rings is 2. The number of rotatable bonds is 6. The molecule has 2 aromatic carbocycles. The molecular weight excluding hydrogens is 579 g/mol. The molecule has 2 aliphatic heterocycles. The third-order valence-corrected chi connectivity index (χ3v) is 8.78. The quantitative estimate of drug-likeness (QED) is 0.251. The molecule has 2 amide bonds. The first-order chi connectivity index (χ1) is 21.3. The van der Waals surface area contributed by atoms with Crippen LogP contribution in [-0.2, 0) is 24.3 Å². The summed E-state index contributed by atoms with van der Waals surface area (Å²) in [6.45, 7) is 9.26. The van der Waals surface area contributed by atoms with E-state index in [-0.39, 0.29) is 17.9 Å². The maximum absolute atomic E-state index is 14.5. The standard InChI is InChI=1S/C33H29FN6O3S/c1-4-27(41)39-12-13-40-26(17-39)36-32(38-40)30-28(23-8-6-21(34)16-25(23)43-18(2)3)31-24(10-14-44-31)29(37-30)20-5-7-22-19(15-20)9-11-35-33(22)42/h4-8,10,14-16,18H,1,9,11-13,17H2,2-3H3,(H,35,42). The zero-order chi connectivity index (χ0) is 30.5. The third kappa shape index (κ3) is 4.83. The Morgan fingerprint density at radius 3 is 2.77 bits per heavy atom. The Hall–Kier alpha value is -4.90. The lowest BCUT2D eigenvalue weighted by molar-refractivity contribution is -0.127. The van der Waals surface area contributed by atoms with Crippen molar-refractivity contribution < 1.29 is 18.7 Å². The fourth-order valence-corrected chi connectivity index (χ4v) is 6.80. The minimum Gasteiger partial charge on any atom is -0.490 e. The predicted octanol–water partition coefficient (Wildman–Crippen LogP) is 5.63. The number of aromatic nitrogens is 4.